The van der Waals surface area contributed by atoms with E-state index in [0.717, 1.165) is 22.1 Å². The predicted octanol–water partition coefficient (Wildman–Crippen LogP) is 3.89. The maximum Gasteiger partial charge on any atom is 0.339 e. The third-order valence-corrected chi connectivity index (χ3v) is 4.29. The fourth-order valence-corrected chi connectivity index (χ4v) is 3.10. The molecule has 2 aromatic carbocycles. The second kappa shape index (κ2) is 5.95. The molecule has 0 spiro atoms. The molecule has 1 N–H and O–H groups in total. The van der Waals surface area contributed by atoms with Crippen LogP contribution < -0.4 is 9.88 Å². The average molecular weight is 312 g/mol. The van der Waals surface area contributed by atoms with Crippen molar-refractivity contribution in [1.29, 1.82) is 0 Å². The van der Waals surface area contributed by atoms with E-state index in [1.54, 1.807) is 23.5 Å². The summed E-state index contributed by atoms with van der Waals surface area (Å²) in [5, 5.41) is 17.1. The molecule has 0 radical (unpaired) electrons. The molecule has 1 aromatic heterocycles. The van der Waals surface area contributed by atoms with Crippen LogP contribution in [0.1, 0.15) is 0 Å². The van der Waals surface area contributed by atoms with Crippen molar-refractivity contribution in [3.8, 4) is 11.3 Å². The van der Waals surface area contributed by atoms with Gasteiger partial charge in [0.05, 0.1) is 12.0 Å². The van der Waals surface area contributed by atoms with Gasteiger partial charge in [-0.15, -0.1) is 0 Å². The number of nitro benzene ring substituents is 1. The largest absolute Gasteiger partial charge is 0.339 e. The van der Waals surface area contributed by atoms with E-state index < -0.39 is 0 Å². The van der Waals surface area contributed by atoms with E-state index >= 15 is 0 Å². The highest BCUT2D eigenvalue weighted by molar-refractivity contribution is 7.13. The first-order chi connectivity index (χ1) is 10.6. The lowest BCUT2D eigenvalue weighted by molar-refractivity contribution is -0.641. The maximum atomic E-state index is 10.7. The first-order valence-electron chi connectivity index (χ1n) is 6.69. The number of thiazole rings is 1. The van der Waals surface area contributed by atoms with Gasteiger partial charge in [0.1, 0.15) is 11.4 Å². The number of hydrogen-bond donors (Lipinski definition) is 1. The Labute approximate surface area is 131 Å². The van der Waals surface area contributed by atoms with E-state index in [1.165, 1.54) is 12.1 Å². The van der Waals surface area contributed by atoms with Gasteiger partial charge in [-0.3, -0.25) is 10.1 Å². The molecule has 0 atom stereocenters. The number of rotatable bonds is 4. The molecule has 0 unspecified atom stereocenters. The number of anilines is 2. The highest BCUT2D eigenvalue weighted by atomic mass is 32.1. The number of nitro groups is 1. The summed E-state index contributed by atoms with van der Waals surface area (Å²) in [6.45, 7) is 0. The van der Waals surface area contributed by atoms with Crippen LogP contribution in [-0.4, -0.2) is 4.92 Å². The predicted molar refractivity (Wildman–Crippen MR) is 87.3 cm³/mol. The minimum Gasteiger partial charge on any atom is -0.258 e. The Morgan fingerprint density at radius 1 is 1.09 bits per heavy atom. The summed E-state index contributed by atoms with van der Waals surface area (Å²) < 4.78 is 2.04. The molecule has 6 heteroatoms. The van der Waals surface area contributed by atoms with Gasteiger partial charge in [0.2, 0.25) is 0 Å². The van der Waals surface area contributed by atoms with Crippen LogP contribution in [-0.2, 0) is 7.05 Å². The molecule has 0 aliphatic heterocycles. The lowest BCUT2D eigenvalue weighted by Gasteiger charge is -2.01. The fourth-order valence-electron chi connectivity index (χ4n) is 2.15. The Morgan fingerprint density at radius 2 is 1.77 bits per heavy atom. The molecule has 0 aliphatic carbocycles. The minimum absolute atomic E-state index is 0.101. The van der Waals surface area contributed by atoms with Crippen LogP contribution in [0.5, 0.6) is 0 Å². The molecule has 5 nitrogen and oxygen atoms in total. The van der Waals surface area contributed by atoms with Gasteiger partial charge in [0, 0.05) is 23.1 Å². The number of aromatic nitrogens is 1. The summed E-state index contributed by atoms with van der Waals surface area (Å²) in [5.74, 6) is 0. The van der Waals surface area contributed by atoms with Crippen LogP contribution in [0.3, 0.4) is 0 Å². The van der Waals surface area contributed by atoms with Gasteiger partial charge in [0.25, 0.3) is 5.69 Å². The van der Waals surface area contributed by atoms with Crippen LogP contribution in [0.4, 0.5) is 16.5 Å². The van der Waals surface area contributed by atoms with Crippen LogP contribution >= 0.6 is 11.3 Å². The zero-order valence-corrected chi connectivity index (χ0v) is 12.7. The highest BCUT2D eigenvalue weighted by Crippen LogP contribution is 2.26. The van der Waals surface area contributed by atoms with Crippen molar-refractivity contribution in [1.82, 2.24) is 0 Å². The molecule has 1 heterocycles. The SMILES string of the molecule is C[n+]1c(-c2ccc([N+](=O)[O-])cc2)csc1Nc1ccccc1. The van der Waals surface area contributed by atoms with Gasteiger partial charge < -0.3 is 0 Å². The molecular formula is C16H14N3O2S+. The quantitative estimate of drug-likeness (QED) is 0.452. The van der Waals surface area contributed by atoms with Crippen molar-refractivity contribution >= 4 is 27.8 Å². The third-order valence-electron chi connectivity index (χ3n) is 3.35. The van der Waals surface area contributed by atoms with E-state index in [2.05, 4.69) is 5.32 Å². The van der Waals surface area contributed by atoms with E-state index in [4.69, 9.17) is 0 Å². The normalized spacial score (nSPS) is 10.4. The number of non-ortho nitro benzene ring substituents is 1. The standard InChI is InChI=1S/C16H13N3O2S/c1-18-15(12-7-9-14(10-8-12)19(20)21)11-22-16(18)17-13-5-3-2-4-6-13/h2-11H,1H3/p+1. The number of para-hydroxylation sites is 1. The van der Waals surface area contributed by atoms with Crippen LogP contribution in [0, 0.1) is 10.1 Å². The molecular weight excluding hydrogens is 298 g/mol. The molecule has 0 saturated carbocycles. The molecule has 0 aliphatic rings. The smallest absolute Gasteiger partial charge is 0.258 e. The van der Waals surface area contributed by atoms with Crippen molar-refractivity contribution in [2.24, 2.45) is 7.05 Å². The Kier molecular flexibility index (Phi) is 3.84. The molecule has 0 bridgehead atoms. The van der Waals surface area contributed by atoms with Crippen LogP contribution in [0.2, 0.25) is 0 Å². The highest BCUT2D eigenvalue weighted by Gasteiger charge is 2.17. The average Bonchev–Trinajstić information content (AvgIpc) is 2.89. The number of hydrogen-bond acceptors (Lipinski definition) is 4. The Bertz CT molecular complexity index is 798. The Hall–Kier alpha value is -2.73. The van der Waals surface area contributed by atoms with Gasteiger partial charge in [-0.1, -0.05) is 29.5 Å². The van der Waals surface area contributed by atoms with Crippen LogP contribution in [0.15, 0.2) is 60.0 Å². The first-order valence-corrected chi connectivity index (χ1v) is 7.57. The summed E-state index contributed by atoms with van der Waals surface area (Å²) in [6.07, 6.45) is 0. The topological polar surface area (TPSA) is 59.0 Å². The summed E-state index contributed by atoms with van der Waals surface area (Å²) in [6, 6.07) is 16.5. The summed E-state index contributed by atoms with van der Waals surface area (Å²) in [5.41, 5.74) is 3.09. The van der Waals surface area contributed by atoms with Gasteiger partial charge in [0.15, 0.2) is 0 Å². The number of nitrogens with zero attached hydrogens (tertiary/aromatic N) is 2. The lowest BCUT2D eigenvalue weighted by atomic mass is 10.1. The minimum atomic E-state index is -0.389. The Balaban J connectivity index is 1.88. The monoisotopic (exact) mass is 312 g/mol. The molecule has 0 fully saturated rings. The number of benzene rings is 2. The van der Waals surface area contributed by atoms with Gasteiger partial charge in [-0.2, -0.15) is 0 Å². The van der Waals surface area contributed by atoms with Crippen molar-refractivity contribution in [2.45, 2.75) is 0 Å². The summed E-state index contributed by atoms with van der Waals surface area (Å²) >= 11 is 1.59. The van der Waals surface area contributed by atoms with Crippen molar-refractivity contribution in [3.05, 3.63) is 70.1 Å². The van der Waals surface area contributed by atoms with Crippen molar-refractivity contribution in [2.75, 3.05) is 5.32 Å². The van der Waals surface area contributed by atoms with Gasteiger partial charge in [-0.05, 0) is 24.3 Å². The summed E-state index contributed by atoms with van der Waals surface area (Å²) in [4.78, 5) is 10.3. The second-order valence-electron chi connectivity index (χ2n) is 4.78. The third kappa shape index (κ3) is 2.82. The Morgan fingerprint density at radius 3 is 2.41 bits per heavy atom. The fraction of sp³-hybridized carbons (Fsp3) is 0.0625. The van der Waals surface area contributed by atoms with Crippen molar-refractivity contribution in [3.63, 3.8) is 0 Å². The molecule has 3 rings (SSSR count). The van der Waals surface area contributed by atoms with Gasteiger partial charge in [-0.25, -0.2) is 9.88 Å². The molecule has 0 amide bonds. The van der Waals surface area contributed by atoms with E-state index in [0.29, 0.717) is 0 Å². The van der Waals surface area contributed by atoms with Gasteiger partial charge >= 0.3 is 5.13 Å². The molecule has 22 heavy (non-hydrogen) atoms. The first kappa shape index (κ1) is 14.2. The number of nitrogens with one attached hydrogen (secondary N) is 1. The summed E-state index contributed by atoms with van der Waals surface area (Å²) in [7, 11) is 1.97. The second-order valence-corrected chi connectivity index (χ2v) is 5.64. The van der Waals surface area contributed by atoms with E-state index in [-0.39, 0.29) is 10.6 Å². The lowest BCUT2D eigenvalue weighted by Crippen LogP contribution is -2.30. The van der Waals surface area contributed by atoms with Crippen LogP contribution in [0.25, 0.3) is 11.3 Å². The zero-order valence-electron chi connectivity index (χ0n) is 11.9. The van der Waals surface area contributed by atoms with E-state index in [9.17, 15) is 10.1 Å². The van der Waals surface area contributed by atoms with Crippen molar-refractivity contribution < 1.29 is 9.49 Å². The zero-order chi connectivity index (χ0) is 15.5. The van der Waals surface area contributed by atoms with E-state index in [1.807, 2.05) is 47.3 Å². The molecule has 0 saturated heterocycles. The molecule has 3 aromatic rings. The maximum absolute atomic E-state index is 10.7. The molecule has 110 valence electrons.